The highest BCUT2D eigenvalue weighted by Crippen LogP contribution is 2.23. The zero-order valence-electron chi connectivity index (χ0n) is 17.5. The van der Waals surface area contributed by atoms with Crippen LogP contribution in [-0.4, -0.2) is 21.0 Å². The van der Waals surface area contributed by atoms with Crippen LogP contribution in [0.15, 0.2) is 77.5 Å². The van der Waals surface area contributed by atoms with Gasteiger partial charge in [0.05, 0.1) is 12.6 Å². The van der Waals surface area contributed by atoms with E-state index in [2.05, 4.69) is 9.97 Å². The number of aryl methyl sites for hydroxylation is 1. The summed E-state index contributed by atoms with van der Waals surface area (Å²) in [6.45, 7) is 2.51. The van der Waals surface area contributed by atoms with Gasteiger partial charge in [-0.05, 0) is 48.4 Å². The van der Waals surface area contributed by atoms with Crippen LogP contribution in [0.25, 0.3) is 11.5 Å². The SMILES string of the molecule is Cc1oc(-c2ccccc2)nc1COc1ccc(COc2cncc(CC(=O)O)c2)cc1. The lowest BCUT2D eigenvalue weighted by Crippen LogP contribution is -2.02. The van der Waals surface area contributed by atoms with Gasteiger partial charge in [0.1, 0.15) is 36.2 Å². The van der Waals surface area contributed by atoms with Crippen molar-refractivity contribution in [3.63, 3.8) is 0 Å². The number of rotatable bonds is 9. The van der Waals surface area contributed by atoms with Gasteiger partial charge in [-0.15, -0.1) is 0 Å². The second-order valence-electron chi connectivity index (χ2n) is 7.21. The highest BCUT2D eigenvalue weighted by Gasteiger charge is 2.12. The Bertz CT molecular complexity index is 1190. The summed E-state index contributed by atoms with van der Waals surface area (Å²) in [6.07, 6.45) is 2.99. The fraction of sp³-hybridized carbons (Fsp3) is 0.160. The summed E-state index contributed by atoms with van der Waals surface area (Å²) in [6, 6.07) is 19.0. The Labute approximate surface area is 185 Å². The molecule has 0 unspecified atom stereocenters. The number of carboxylic acids is 1. The summed E-state index contributed by atoms with van der Waals surface area (Å²) >= 11 is 0. The maximum atomic E-state index is 10.8. The molecule has 0 saturated heterocycles. The summed E-state index contributed by atoms with van der Waals surface area (Å²) in [5.74, 6) is 1.64. The lowest BCUT2D eigenvalue weighted by atomic mass is 10.2. The molecule has 0 amide bonds. The van der Waals surface area contributed by atoms with Crippen LogP contribution in [0.2, 0.25) is 0 Å². The van der Waals surface area contributed by atoms with Crippen LogP contribution in [0, 0.1) is 6.92 Å². The number of carbonyl (C=O) groups is 1. The first-order valence-electron chi connectivity index (χ1n) is 10.1. The molecular formula is C25H22N2O5. The van der Waals surface area contributed by atoms with Crippen molar-refractivity contribution in [1.82, 2.24) is 9.97 Å². The molecule has 0 saturated carbocycles. The highest BCUT2D eigenvalue weighted by atomic mass is 16.5. The predicted octanol–water partition coefficient (Wildman–Crippen LogP) is 4.83. The molecule has 7 heteroatoms. The van der Waals surface area contributed by atoms with Gasteiger partial charge < -0.3 is 19.0 Å². The molecule has 0 atom stereocenters. The highest BCUT2D eigenvalue weighted by molar-refractivity contribution is 5.70. The molecule has 2 heterocycles. The molecular weight excluding hydrogens is 408 g/mol. The zero-order chi connectivity index (χ0) is 22.3. The largest absolute Gasteiger partial charge is 0.487 e. The molecule has 0 aliphatic rings. The Morgan fingerprint density at radius 3 is 2.44 bits per heavy atom. The van der Waals surface area contributed by atoms with Gasteiger partial charge in [-0.3, -0.25) is 9.78 Å². The standard InChI is InChI=1S/C25H22N2O5/c1-17-23(27-25(32-17)20-5-3-2-4-6-20)16-31-21-9-7-18(8-10-21)15-30-22-11-19(12-24(28)29)13-26-14-22/h2-11,13-14H,12,15-16H2,1H3,(H,28,29). The van der Waals surface area contributed by atoms with Gasteiger partial charge in [0.15, 0.2) is 0 Å². The number of oxazole rings is 1. The van der Waals surface area contributed by atoms with Crippen LogP contribution in [0.3, 0.4) is 0 Å². The van der Waals surface area contributed by atoms with Gasteiger partial charge in [-0.2, -0.15) is 0 Å². The van der Waals surface area contributed by atoms with E-state index in [4.69, 9.17) is 19.0 Å². The number of ether oxygens (including phenoxy) is 2. The molecule has 0 aliphatic heterocycles. The number of carboxylic acid groups (broad SMARTS) is 1. The van der Waals surface area contributed by atoms with Crippen molar-refractivity contribution in [1.29, 1.82) is 0 Å². The summed E-state index contributed by atoms with van der Waals surface area (Å²) < 4.78 is 17.4. The van der Waals surface area contributed by atoms with Gasteiger partial charge in [0.25, 0.3) is 0 Å². The molecule has 0 aliphatic carbocycles. The molecule has 0 bridgehead atoms. The molecule has 4 aromatic rings. The number of aromatic nitrogens is 2. The molecule has 2 aromatic heterocycles. The van der Waals surface area contributed by atoms with E-state index in [1.54, 1.807) is 12.3 Å². The Morgan fingerprint density at radius 1 is 0.938 bits per heavy atom. The summed E-state index contributed by atoms with van der Waals surface area (Å²) in [4.78, 5) is 19.4. The molecule has 1 N–H and O–H groups in total. The lowest BCUT2D eigenvalue weighted by molar-refractivity contribution is -0.136. The van der Waals surface area contributed by atoms with Crippen LogP contribution in [-0.2, 0) is 24.4 Å². The normalized spacial score (nSPS) is 10.7. The number of benzene rings is 2. The number of aliphatic carboxylic acids is 1. The quantitative estimate of drug-likeness (QED) is 0.406. The Morgan fingerprint density at radius 2 is 1.69 bits per heavy atom. The molecule has 0 radical (unpaired) electrons. The number of hydrogen-bond acceptors (Lipinski definition) is 6. The minimum Gasteiger partial charge on any atom is -0.487 e. The van der Waals surface area contributed by atoms with Gasteiger partial charge in [-0.25, -0.2) is 4.98 Å². The first-order valence-corrected chi connectivity index (χ1v) is 10.1. The molecule has 4 rings (SSSR count). The minimum absolute atomic E-state index is 0.0892. The second kappa shape index (κ2) is 9.78. The van der Waals surface area contributed by atoms with Crippen LogP contribution in [0.5, 0.6) is 11.5 Å². The Hall–Kier alpha value is -4.13. The summed E-state index contributed by atoms with van der Waals surface area (Å²) in [5, 5.41) is 8.89. The fourth-order valence-corrected chi connectivity index (χ4v) is 3.08. The number of nitrogens with zero attached hydrogens (tertiary/aromatic N) is 2. The van der Waals surface area contributed by atoms with E-state index in [0.717, 1.165) is 22.6 Å². The molecule has 2 aromatic carbocycles. The first-order chi connectivity index (χ1) is 15.6. The molecule has 162 valence electrons. The third-order valence-corrected chi connectivity index (χ3v) is 4.74. The van der Waals surface area contributed by atoms with Crippen LogP contribution < -0.4 is 9.47 Å². The van der Waals surface area contributed by atoms with E-state index in [1.807, 2.05) is 61.5 Å². The topological polar surface area (TPSA) is 94.7 Å². The van der Waals surface area contributed by atoms with Crippen molar-refractivity contribution < 1.29 is 23.8 Å². The average Bonchev–Trinajstić information content (AvgIpc) is 3.18. The van der Waals surface area contributed by atoms with E-state index in [-0.39, 0.29) is 6.42 Å². The van der Waals surface area contributed by atoms with Crippen molar-refractivity contribution in [2.75, 3.05) is 0 Å². The van der Waals surface area contributed by atoms with Crippen molar-refractivity contribution in [3.05, 3.63) is 95.6 Å². The third kappa shape index (κ3) is 5.51. The maximum Gasteiger partial charge on any atom is 0.307 e. The van der Waals surface area contributed by atoms with Crippen molar-refractivity contribution in [3.8, 4) is 23.0 Å². The van der Waals surface area contributed by atoms with E-state index in [9.17, 15) is 4.79 Å². The van der Waals surface area contributed by atoms with Crippen molar-refractivity contribution in [2.24, 2.45) is 0 Å². The average molecular weight is 430 g/mol. The third-order valence-electron chi connectivity index (χ3n) is 4.74. The monoisotopic (exact) mass is 430 g/mol. The zero-order valence-corrected chi connectivity index (χ0v) is 17.5. The summed E-state index contributed by atoms with van der Waals surface area (Å²) in [5.41, 5.74) is 3.22. The smallest absolute Gasteiger partial charge is 0.307 e. The summed E-state index contributed by atoms with van der Waals surface area (Å²) in [7, 11) is 0. The van der Waals surface area contributed by atoms with Crippen molar-refractivity contribution in [2.45, 2.75) is 26.6 Å². The van der Waals surface area contributed by atoms with E-state index >= 15 is 0 Å². The van der Waals surface area contributed by atoms with E-state index in [1.165, 1.54) is 6.20 Å². The van der Waals surface area contributed by atoms with E-state index in [0.29, 0.717) is 36.2 Å². The van der Waals surface area contributed by atoms with Gasteiger partial charge in [0, 0.05) is 11.8 Å². The Kier molecular flexibility index (Phi) is 6.46. The minimum atomic E-state index is -0.906. The number of hydrogen-bond donors (Lipinski definition) is 1. The van der Waals surface area contributed by atoms with Crippen LogP contribution in [0.4, 0.5) is 0 Å². The van der Waals surface area contributed by atoms with Gasteiger partial charge in [-0.1, -0.05) is 30.3 Å². The van der Waals surface area contributed by atoms with Gasteiger partial charge in [0.2, 0.25) is 5.89 Å². The molecule has 32 heavy (non-hydrogen) atoms. The fourth-order valence-electron chi connectivity index (χ4n) is 3.08. The number of pyridine rings is 1. The molecule has 0 spiro atoms. The Balaban J connectivity index is 1.32. The maximum absolute atomic E-state index is 10.8. The molecule has 0 fully saturated rings. The van der Waals surface area contributed by atoms with E-state index < -0.39 is 5.97 Å². The first kappa shape index (κ1) is 21.1. The van der Waals surface area contributed by atoms with Crippen LogP contribution in [0.1, 0.15) is 22.6 Å². The molecule has 7 nitrogen and oxygen atoms in total. The predicted molar refractivity (Wildman–Crippen MR) is 117 cm³/mol. The lowest BCUT2D eigenvalue weighted by Gasteiger charge is -2.09. The van der Waals surface area contributed by atoms with Crippen molar-refractivity contribution >= 4 is 5.97 Å². The second-order valence-corrected chi connectivity index (χ2v) is 7.21. The van der Waals surface area contributed by atoms with Crippen LogP contribution >= 0.6 is 0 Å². The van der Waals surface area contributed by atoms with Gasteiger partial charge >= 0.3 is 5.97 Å².